The van der Waals surface area contributed by atoms with Gasteiger partial charge in [0.1, 0.15) is 5.82 Å². The molecule has 0 amide bonds. The van der Waals surface area contributed by atoms with E-state index in [0.717, 1.165) is 50.4 Å². The van der Waals surface area contributed by atoms with Crippen molar-refractivity contribution in [3.63, 3.8) is 0 Å². The monoisotopic (exact) mass is 605 g/mol. The van der Waals surface area contributed by atoms with Crippen molar-refractivity contribution in [2.75, 3.05) is 0 Å². The van der Waals surface area contributed by atoms with E-state index >= 15 is 0 Å². The molecule has 0 bridgehead atoms. The van der Waals surface area contributed by atoms with Gasteiger partial charge < -0.3 is 0 Å². The number of hydrogen-bond acceptors (Lipinski definition) is 3. The molecule has 0 aliphatic rings. The molecule has 0 spiro atoms. The molecule has 4 heteroatoms. The SMILES string of the molecule is c1ccc(-c2sc3c(c(-c4ccccc4)nc4ccccc43)c2-c2ccc(-c3nc4ccccc4n3-c3ccccc3)cc2)cc1. The number of imidazole rings is 1. The fraction of sp³-hybridized carbons (Fsp3) is 0. The Hall–Kier alpha value is -5.84. The second kappa shape index (κ2) is 11.0. The molecule has 9 rings (SSSR count). The smallest absolute Gasteiger partial charge is 0.145 e. The van der Waals surface area contributed by atoms with E-state index in [1.54, 1.807) is 0 Å². The lowest BCUT2D eigenvalue weighted by Gasteiger charge is -2.12. The first-order valence-corrected chi connectivity index (χ1v) is 16.2. The van der Waals surface area contributed by atoms with Crippen molar-refractivity contribution >= 4 is 43.4 Å². The summed E-state index contributed by atoms with van der Waals surface area (Å²) in [7, 11) is 0. The molecular weight excluding hydrogens is 579 g/mol. The largest absolute Gasteiger partial charge is 0.292 e. The molecule has 0 radical (unpaired) electrons. The molecular formula is C42H27N3S. The van der Waals surface area contributed by atoms with Gasteiger partial charge in [-0.15, -0.1) is 11.3 Å². The highest BCUT2D eigenvalue weighted by molar-refractivity contribution is 7.24. The van der Waals surface area contributed by atoms with Crippen molar-refractivity contribution in [3.8, 4) is 49.9 Å². The molecule has 0 aliphatic heterocycles. The normalized spacial score (nSPS) is 11.5. The molecule has 6 aromatic carbocycles. The first-order chi connectivity index (χ1) is 22.8. The third-order valence-electron chi connectivity index (χ3n) is 8.62. The number of para-hydroxylation sites is 4. The second-order valence-corrected chi connectivity index (χ2v) is 12.4. The number of benzene rings is 6. The average Bonchev–Trinajstić information content (AvgIpc) is 3.73. The maximum Gasteiger partial charge on any atom is 0.145 e. The van der Waals surface area contributed by atoms with Gasteiger partial charge in [0.15, 0.2) is 0 Å². The van der Waals surface area contributed by atoms with Gasteiger partial charge >= 0.3 is 0 Å². The molecule has 3 nitrogen and oxygen atoms in total. The van der Waals surface area contributed by atoms with Crippen LogP contribution in [0.2, 0.25) is 0 Å². The van der Waals surface area contributed by atoms with E-state index < -0.39 is 0 Å². The highest BCUT2D eigenvalue weighted by Crippen LogP contribution is 2.50. The highest BCUT2D eigenvalue weighted by Gasteiger charge is 2.23. The molecule has 46 heavy (non-hydrogen) atoms. The average molecular weight is 606 g/mol. The minimum absolute atomic E-state index is 0.926. The summed E-state index contributed by atoms with van der Waals surface area (Å²) in [6, 6.07) is 57.6. The van der Waals surface area contributed by atoms with E-state index in [0.29, 0.717) is 0 Å². The Bertz CT molecular complexity index is 2500. The van der Waals surface area contributed by atoms with Crippen LogP contribution in [0.5, 0.6) is 0 Å². The Morgan fingerprint density at radius 2 is 1.04 bits per heavy atom. The van der Waals surface area contributed by atoms with E-state index in [4.69, 9.17) is 9.97 Å². The summed E-state index contributed by atoms with van der Waals surface area (Å²) < 4.78 is 3.51. The third-order valence-corrected chi connectivity index (χ3v) is 9.89. The molecule has 0 saturated carbocycles. The van der Waals surface area contributed by atoms with Crippen molar-refractivity contribution in [2.24, 2.45) is 0 Å². The summed E-state index contributed by atoms with van der Waals surface area (Å²) in [6.07, 6.45) is 0. The zero-order chi connectivity index (χ0) is 30.5. The van der Waals surface area contributed by atoms with Crippen LogP contribution in [0.25, 0.3) is 81.9 Å². The van der Waals surface area contributed by atoms with Crippen molar-refractivity contribution in [1.82, 2.24) is 14.5 Å². The summed E-state index contributed by atoms with van der Waals surface area (Å²) >= 11 is 1.86. The second-order valence-electron chi connectivity index (χ2n) is 11.4. The van der Waals surface area contributed by atoms with Gasteiger partial charge in [0.25, 0.3) is 0 Å². The van der Waals surface area contributed by atoms with Crippen LogP contribution >= 0.6 is 11.3 Å². The van der Waals surface area contributed by atoms with Gasteiger partial charge in [-0.1, -0.05) is 133 Å². The number of rotatable bonds is 5. The summed E-state index contributed by atoms with van der Waals surface area (Å²) in [5.41, 5.74) is 10.9. The van der Waals surface area contributed by atoms with Crippen LogP contribution in [0.1, 0.15) is 0 Å². The van der Waals surface area contributed by atoms with E-state index in [2.05, 4.69) is 156 Å². The number of hydrogen-bond donors (Lipinski definition) is 0. The molecule has 0 unspecified atom stereocenters. The molecule has 3 aromatic heterocycles. The molecule has 9 aromatic rings. The fourth-order valence-corrected chi connectivity index (χ4v) is 7.87. The Kier molecular flexibility index (Phi) is 6.32. The van der Waals surface area contributed by atoms with Crippen molar-refractivity contribution in [1.29, 1.82) is 0 Å². The van der Waals surface area contributed by atoms with Gasteiger partial charge in [0.2, 0.25) is 0 Å². The van der Waals surface area contributed by atoms with Crippen LogP contribution in [0.15, 0.2) is 164 Å². The number of thiophene rings is 1. The molecule has 0 aliphatic carbocycles. The predicted octanol–water partition coefficient (Wildman–Crippen LogP) is 11.5. The molecule has 3 heterocycles. The lowest BCUT2D eigenvalue weighted by molar-refractivity contribution is 1.10. The minimum atomic E-state index is 0.926. The predicted molar refractivity (Wildman–Crippen MR) is 193 cm³/mol. The first kappa shape index (κ1) is 26.6. The Balaban J connectivity index is 1.30. The number of nitrogens with zero attached hydrogens (tertiary/aromatic N) is 3. The molecule has 0 N–H and O–H groups in total. The van der Waals surface area contributed by atoms with Crippen LogP contribution in [0.4, 0.5) is 0 Å². The molecule has 0 saturated heterocycles. The van der Waals surface area contributed by atoms with Crippen LogP contribution in [0.3, 0.4) is 0 Å². The van der Waals surface area contributed by atoms with E-state index in [1.165, 1.54) is 31.5 Å². The number of fused-ring (bicyclic) bond motifs is 4. The Labute approximate surface area is 270 Å². The van der Waals surface area contributed by atoms with E-state index in [1.807, 2.05) is 23.5 Å². The van der Waals surface area contributed by atoms with Crippen LogP contribution in [0, 0.1) is 0 Å². The van der Waals surface area contributed by atoms with Gasteiger partial charge in [-0.25, -0.2) is 9.97 Å². The Morgan fingerprint density at radius 1 is 0.457 bits per heavy atom. The van der Waals surface area contributed by atoms with Gasteiger partial charge in [-0.2, -0.15) is 0 Å². The number of pyridine rings is 1. The topological polar surface area (TPSA) is 30.7 Å². The molecule has 0 fully saturated rings. The maximum absolute atomic E-state index is 5.29. The standard InChI is InChI=1S/C42H27N3S/c1-4-14-29(15-5-1)39-38-37(40(30-16-6-2-7-17-30)46-41(38)33-20-10-11-21-34(33)43-39)28-24-26-31(27-25-28)42-44-35-22-12-13-23-36(35)45(42)32-18-8-3-9-19-32/h1-27H. The van der Waals surface area contributed by atoms with Gasteiger partial charge in [-0.3, -0.25) is 4.57 Å². The van der Waals surface area contributed by atoms with E-state index in [9.17, 15) is 0 Å². The summed E-state index contributed by atoms with van der Waals surface area (Å²) in [5, 5.41) is 2.37. The van der Waals surface area contributed by atoms with Crippen LogP contribution < -0.4 is 0 Å². The third kappa shape index (κ3) is 4.34. The zero-order valence-electron chi connectivity index (χ0n) is 24.8. The lowest BCUT2D eigenvalue weighted by Crippen LogP contribution is -1.97. The van der Waals surface area contributed by atoms with Gasteiger partial charge in [-0.05, 0) is 41.5 Å². The minimum Gasteiger partial charge on any atom is -0.292 e. The fourth-order valence-electron chi connectivity index (χ4n) is 6.50. The summed E-state index contributed by atoms with van der Waals surface area (Å²) in [5.74, 6) is 0.926. The van der Waals surface area contributed by atoms with Crippen molar-refractivity contribution in [2.45, 2.75) is 0 Å². The van der Waals surface area contributed by atoms with Crippen molar-refractivity contribution < 1.29 is 0 Å². The van der Waals surface area contributed by atoms with Crippen molar-refractivity contribution in [3.05, 3.63) is 164 Å². The highest BCUT2D eigenvalue weighted by atomic mass is 32.1. The van der Waals surface area contributed by atoms with Gasteiger partial charge in [0, 0.05) is 42.7 Å². The summed E-state index contributed by atoms with van der Waals surface area (Å²) in [4.78, 5) is 11.7. The molecule has 216 valence electrons. The molecule has 0 atom stereocenters. The zero-order valence-corrected chi connectivity index (χ0v) is 25.7. The lowest BCUT2D eigenvalue weighted by atomic mass is 9.94. The van der Waals surface area contributed by atoms with Gasteiger partial charge in [0.05, 0.1) is 22.2 Å². The maximum atomic E-state index is 5.29. The van der Waals surface area contributed by atoms with E-state index in [-0.39, 0.29) is 0 Å². The van der Waals surface area contributed by atoms with Crippen LogP contribution in [-0.2, 0) is 0 Å². The van der Waals surface area contributed by atoms with Crippen LogP contribution in [-0.4, -0.2) is 14.5 Å². The number of aromatic nitrogens is 3. The Morgan fingerprint density at radius 3 is 1.78 bits per heavy atom. The summed E-state index contributed by atoms with van der Waals surface area (Å²) in [6.45, 7) is 0. The first-order valence-electron chi connectivity index (χ1n) is 15.4. The quantitative estimate of drug-likeness (QED) is 0.195.